The lowest BCUT2D eigenvalue weighted by Gasteiger charge is -1.94. The number of nitrogens with zero attached hydrogens (tertiary/aromatic N) is 2. The molecule has 1 aromatic heterocycles. The van der Waals surface area contributed by atoms with Gasteiger partial charge in [-0.3, -0.25) is 0 Å². The number of carbonyl (C=O) groups is 1. The highest BCUT2D eigenvalue weighted by atomic mass is 35.5. The number of aromatic nitrogens is 2. The van der Waals surface area contributed by atoms with E-state index < -0.39 is 17.5 Å². The Kier molecular flexibility index (Phi) is 6.12. The molecule has 0 aliphatic heterocycles. The second kappa shape index (κ2) is 6.80. The van der Waals surface area contributed by atoms with Crippen LogP contribution in [0.25, 0.3) is 0 Å². The Morgan fingerprint density at radius 2 is 2.24 bits per heavy atom. The number of aromatic carboxylic acids is 1. The van der Waals surface area contributed by atoms with Crippen molar-refractivity contribution in [2.45, 2.75) is 13.0 Å². The number of carboxylic acid groups (broad SMARTS) is 1. The molecule has 94 valence electrons. The lowest BCUT2D eigenvalue weighted by molar-refractivity contribution is 0.0690. The Hall–Kier alpha value is -1.69. The molecule has 17 heavy (non-hydrogen) atoms. The molecule has 0 atom stereocenters. The minimum atomic E-state index is -1.42. The van der Waals surface area contributed by atoms with E-state index >= 15 is 0 Å². The SMILES string of the molecule is C=CCn1nc(CC=CF)c(C(=O)O)c1F.Cl. The van der Waals surface area contributed by atoms with Crippen LogP contribution in [0.3, 0.4) is 0 Å². The summed E-state index contributed by atoms with van der Waals surface area (Å²) in [6.07, 6.45) is 2.64. The zero-order valence-electron chi connectivity index (χ0n) is 8.77. The number of allylic oxidation sites excluding steroid dienone is 2. The summed E-state index contributed by atoms with van der Waals surface area (Å²) in [5, 5.41) is 12.5. The molecule has 0 unspecified atom stereocenters. The Balaban J connectivity index is 0.00000256. The van der Waals surface area contributed by atoms with Gasteiger partial charge in [-0.2, -0.15) is 9.49 Å². The van der Waals surface area contributed by atoms with Crippen LogP contribution in [-0.2, 0) is 13.0 Å². The maximum atomic E-state index is 13.5. The van der Waals surface area contributed by atoms with Gasteiger partial charge in [0.05, 0.1) is 18.6 Å². The molecule has 1 aromatic rings. The molecule has 4 nitrogen and oxygen atoms in total. The highest BCUT2D eigenvalue weighted by Crippen LogP contribution is 2.14. The normalized spacial score (nSPS) is 10.2. The van der Waals surface area contributed by atoms with Gasteiger partial charge in [-0.25, -0.2) is 13.9 Å². The van der Waals surface area contributed by atoms with E-state index in [1.54, 1.807) is 0 Å². The summed E-state index contributed by atoms with van der Waals surface area (Å²) in [5.74, 6) is -2.37. The maximum absolute atomic E-state index is 13.5. The molecular weight excluding hydrogens is 254 g/mol. The number of hydrogen-bond acceptors (Lipinski definition) is 2. The Bertz CT molecular complexity index is 444. The summed E-state index contributed by atoms with van der Waals surface area (Å²) >= 11 is 0. The fraction of sp³-hybridized carbons (Fsp3) is 0.200. The van der Waals surface area contributed by atoms with Crippen LogP contribution >= 0.6 is 12.4 Å². The van der Waals surface area contributed by atoms with Crippen LogP contribution in [0.1, 0.15) is 16.1 Å². The molecule has 0 saturated carbocycles. The highest BCUT2D eigenvalue weighted by molar-refractivity contribution is 5.89. The second-order valence-electron chi connectivity index (χ2n) is 2.95. The van der Waals surface area contributed by atoms with Gasteiger partial charge in [-0.1, -0.05) is 12.2 Å². The summed E-state index contributed by atoms with van der Waals surface area (Å²) in [5.41, 5.74) is -0.541. The van der Waals surface area contributed by atoms with Crippen molar-refractivity contribution in [1.82, 2.24) is 9.78 Å². The molecule has 0 saturated heterocycles. The van der Waals surface area contributed by atoms with Gasteiger partial charge in [-0.05, 0) is 0 Å². The van der Waals surface area contributed by atoms with Crippen LogP contribution in [0.5, 0.6) is 0 Å². The van der Waals surface area contributed by atoms with E-state index in [9.17, 15) is 13.6 Å². The average Bonchev–Trinajstić information content (AvgIpc) is 2.53. The maximum Gasteiger partial charge on any atom is 0.342 e. The van der Waals surface area contributed by atoms with E-state index in [-0.39, 0.29) is 37.4 Å². The number of carboxylic acids is 1. The molecule has 0 spiro atoms. The highest BCUT2D eigenvalue weighted by Gasteiger charge is 2.22. The third-order valence-electron chi connectivity index (χ3n) is 1.88. The molecule has 0 bridgehead atoms. The average molecular weight is 265 g/mol. The summed E-state index contributed by atoms with van der Waals surface area (Å²) in [6.45, 7) is 3.46. The van der Waals surface area contributed by atoms with Crippen LogP contribution in [0.15, 0.2) is 25.1 Å². The topological polar surface area (TPSA) is 55.1 Å². The Labute approximate surface area is 103 Å². The molecule has 0 radical (unpaired) electrons. The van der Waals surface area contributed by atoms with Gasteiger partial charge in [-0.15, -0.1) is 19.0 Å². The van der Waals surface area contributed by atoms with E-state index in [1.807, 2.05) is 0 Å². The molecule has 0 aromatic carbocycles. The molecule has 0 amide bonds. The molecule has 7 heteroatoms. The first-order chi connectivity index (χ1) is 7.61. The summed E-state index contributed by atoms with van der Waals surface area (Å²) in [7, 11) is 0. The van der Waals surface area contributed by atoms with Crippen LogP contribution in [0, 0.1) is 5.95 Å². The van der Waals surface area contributed by atoms with Crippen molar-refractivity contribution in [2.75, 3.05) is 0 Å². The van der Waals surface area contributed by atoms with Crippen molar-refractivity contribution in [3.8, 4) is 0 Å². The van der Waals surface area contributed by atoms with E-state index in [2.05, 4.69) is 11.7 Å². The predicted octanol–water partition coefficient (Wildman–Crippen LogP) is 2.35. The smallest absolute Gasteiger partial charge is 0.342 e. The quantitative estimate of drug-likeness (QED) is 0.831. The van der Waals surface area contributed by atoms with E-state index in [4.69, 9.17) is 5.11 Å². The predicted molar refractivity (Wildman–Crippen MR) is 60.5 cm³/mol. The fourth-order valence-corrected chi connectivity index (χ4v) is 1.24. The first kappa shape index (κ1) is 15.3. The fourth-order valence-electron chi connectivity index (χ4n) is 1.24. The third kappa shape index (κ3) is 3.39. The monoisotopic (exact) mass is 264 g/mol. The zero-order valence-corrected chi connectivity index (χ0v) is 9.58. The van der Waals surface area contributed by atoms with E-state index in [1.165, 1.54) is 6.08 Å². The van der Waals surface area contributed by atoms with E-state index in [0.717, 1.165) is 10.8 Å². The van der Waals surface area contributed by atoms with Gasteiger partial charge in [0.2, 0.25) is 5.95 Å². The number of hydrogen-bond donors (Lipinski definition) is 1. The molecule has 1 rings (SSSR count). The van der Waals surface area contributed by atoms with Gasteiger partial charge in [0.25, 0.3) is 0 Å². The third-order valence-corrected chi connectivity index (χ3v) is 1.88. The van der Waals surface area contributed by atoms with Crippen molar-refractivity contribution in [3.63, 3.8) is 0 Å². The molecule has 1 N–H and O–H groups in total. The van der Waals surface area contributed by atoms with Crippen LogP contribution < -0.4 is 0 Å². The second-order valence-corrected chi connectivity index (χ2v) is 2.95. The largest absolute Gasteiger partial charge is 0.477 e. The first-order valence-corrected chi connectivity index (χ1v) is 4.46. The van der Waals surface area contributed by atoms with Crippen molar-refractivity contribution < 1.29 is 18.7 Å². The van der Waals surface area contributed by atoms with Gasteiger partial charge >= 0.3 is 5.97 Å². The minimum Gasteiger partial charge on any atom is -0.477 e. The first-order valence-electron chi connectivity index (χ1n) is 4.46. The van der Waals surface area contributed by atoms with Gasteiger partial charge < -0.3 is 5.11 Å². The molecular formula is C10H11ClF2N2O2. The molecule has 0 aliphatic rings. The van der Waals surface area contributed by atoms with Crippen LogP contribution in [-0.4, -0.2) is 20.9 Å². The standard InChI is InChI=1S/C10H10F2N2O2.ClH/c1-2-6-14-9(12)8(10(15)16)7(13-14)4-3-5-11;/h2-3,5H,1,4,6H2,(H,15,16);1H. The van der Waals surface area contributed by atoms with Crippen molar-refractivity contribution in [1.29, 1.82) is 0 Å². The Morgan fingerprint density at radius 1 is 1.59 bits per heavy atom. The Morgan fingerprint density at radius 3 is 2.71 bits per heavy atom. The van der Waals surface area contributed by atoms with Crippen molar-refractivity contribution >= 4 is 18.4 Å². The van der Waals surface area contributed by atoms with Crippen molar-refractivity contribution in [3.05, 3.63) is 42.3 Å². The van der Waals surface area contributed by atoms with Gasteiger partial charge in [0, 0.05) is 6.42 Å². The summed E-state index contributed by atoms with van der Waals surface area (Å²) in [6, 6.07) is 0. The minimum absolute atomic E-state index is 0. The summed E-state index contributed by atoms with van der Waals surface area (Å²) < 4.78 is 26.2. The van der Waals surface area contributed by atoms with Crippen LogP contribution in [0.4, 0.5) is 8.78 Å². The number of halogens is 3. The summed E-state index contributed by atoms with van der Waals surface area (Å²) in [4.78, 5) is 10.8. The lowest BCUT2D eigenvalue weighted by atomic mass is 10.2. The molecule has 0 aliphatic carbocycles. The van der Waals surface area contributed by atoms with Gasteiger partial charge in [0.1, 0.15) is 5.56 Å². The molecule has 1 heterocycles. The van der Waals surface area contributed by atoms with Crippen LogP contribution in [0.2, 0.25) is 0 Å². The number of rotatable bonds is 5. The van der Waals surface area contributed by atoms with E-state index in [0.29, 0.717) is 0 Å². The molecule has 0 fully saturated rings. The zero-order chi connectivity index (χ0) is 12.1. The lowest BCUT2D eigenvalue weighted by Crippen LogP contribution is -2.04. The van der Waals surface area contributed by atoms with Gasteiger partial charge in [0.15, 0.2) is 0 Å². The van der Waals surface area contributed by atoms with Crippen molar-refractivity contribution in [2.24, 2.45) is 0 Å².